The molecule has 0 aromatic heterocycles. The molecule has 0 aromatic rings. The molecule has 0 aromatic carbocycles. The van der Waals surface area contributed by atoms with Crippen LogP contribution in [0.5, 0.6) is 0 Å². The van der Waals surface area contributed by atoms with Gasteiger partial charge in [-0.2, -0.15) is 0 Å². The third-order valence-electron chi connectivity index (χ3n) is 3.88. The Balaban J connectivity index is 2.33. The Kier molecular flexibility index (Phi) is 6.95. The summed E-state index contributed by atoms with van der Waals surface area (Å²) >= 11 is 0. The summed E-state index contributed by atoms with van der Waals surface area (Å²) < 4.78 is 0. The van der Waals surface area contributed by atoms with Crippen LogP contribution < -0.4 is 0 Å². The molecule has 1 saturated heterocycles. The Hall–Kier alpha value is -0.340. The van der Waals surface area contributed by atoms with Crippen LogP contribution in [0, 0.1) is 5.92 Å². The standard InChI is InChI=1S/C16H32N2/c1-14(2)8-9-15(3)13-18-11-6-7-16(18)10-12-17(4)5/h8,15-16H,6-7,9-13H2,1-5H3/t15-,16?/m0/s1. The molecule has 0 spiro atoms. The number of rotatable bonds is 7. The molecule has 1 heterocycles. The van der Waals surface area contributed by atoms with Crippen LogP contribution in [0.2, 0.25) is 0 Å². The van der Waals surface area contributed by atoms with Crippen molar-refractivity contribution in [1.82, 2.24) is 9.80 Å². The summed E-state index contributed by atoms with van der Waals surface area (Å²) in [6, 6.07) is 0.835. The smallest absolute Gasteiger partial charge is 0.0108 e. The Labute approximate surface area is 114 Å². The molecular formula is C16H32N2. The zero-order valence-electron chi connectivity index (χ0n) is 13.1. The molecule has 106 valence electrons. The molecule has 0 bridgehead atoms. The van der Waals surface area contributed by atoms with Crippen LogP contribution >= 0.6 is 0 Å². The lowest BCUT2D eigenvalue weighted by Crippen LogP contribution is -2.35. The van der Waals surface area contributed by atoms with E-state index in [1.54, 1.807) is 0 Å². The van der Waals surface area contributed by atoms with Gasteiger partial charge in [0.05, 0.1) is 0 Å². The average Bonchev–Trinajstić information content (AvgIpc) is 2.71. The molecule has 0 aliphatic carbocycles. The van der Waals surface area contributed by atoms with Crippen LogP contribution in [0.15, 0.2) is 11.6 Å². The van der Waals surface area contributed by atoms with Crippen LogP contribution in [0.3, 0.4) is 0 Å². The maximum absolute atomic E-state index is 2.73. The molecule has 2 heteroatoms. The van der Waals surface area contributed by atoms with Crippen molar-refractivity contribution in [3.63, 3.8) is 0 Å². The molecule has 1 fully saturated rings. The van der Waals surface area contributed by atoms with Crippen molar-refractivity contribution in [2.75, 3.05) is 33.7 Å². The Morgan fingerprint density at radius 1 is 1.39 bits per heavy atom. The first kappa shape index (κ1) is 15.7. The van der Waals surface area contributed by atoms with Crippen LogP contribution in [0.25, 0.3) is 0 Å². The predicted octanol–water partition coefficient (Wildman–Crippen LogP) is 3.39. The molecular weight excluding hydrogens is 220 g/mol. The lowest BCUT2D eigenvalue weighted by Gasteiger charge is -2.28. The molecule has 1 rings (SSSR count). The lowest BCUT2D eigenvalue weighted by atomic mass is 10.0. The summed E-state index contributed by atoms with van der Waals surface area (Å²) in [5, 5.41) is 0. The SMILES string of the molecule is CC(C)=CC[C@H](C)CN1CCCC1CCN(C)C. The van der Waals surface area contributed by atoms with E-state index >= 15 is 0 Å². The third kappa shape index (κ3) is 6.01. The highest BCUT2D eigenvalue weighted by Crippen LogP contribution is 2.22. The van der Waals surface area contributed by atoms with Gasteiger partial charge in [-0.05, 0) is 72.6 Å². The summed E-state index contributed by atoms with van der Waals surface area (Å²) in [5.41, 5.74) is 1.45. The second kappa shape index (κ2) is 7.96. The van der Waals surface area contributed by atoms with E-state index in [-0.39, 0.29) is 0 Å². The molecule has 18 heavy (non-hydrogen) atoms. The van der Waals surface area contributed by atoms with E-state index in [9.17, 15) is 0 Å². The largest absolute Gasteiger partial charge is 0.309 e. The van der Waals surface area contributed by atoms with Gasteiger partial charge in [0.25, 0.3) is 0 Å². The first-order valence-corrected chi connectivity index (χ1v) is 7.51. The number of hydrogen-bond acceptors (Lipinski definition) is 2. The van der Waals surface area contributed by atoms with Crippen molar-refractivity contribution in [2.24, 2.45) is 5.92 Å². The normalized spacial score (nSPS) is 22.4. The van der Waals surface area contributed by atoms with E-state index in [0.29, 0.717) is 0 Å². The third-order valence-corrected chi connectivity index (χ3v) is 3.88. The number of hydrogen-bond donors (Lipinski definition) is 0. The fourth-order valence-corrected chi connectivity index (χ4v) is 2.78. The average molecular weight is 252 g/mol. The van der Waals surface area contributed by atoms with Gasteiger partial charge in [0.2, 0.25) is 0 Å². The lowest BCUT2D eigenvalue weighted by molar-refractivity contribution is 0.200. The van der Waals surface area contributed by atoms with Crippen LogP contribution in [0.4, 0.5) is 0 Å². The maximum atomic E-state index is 2.73. The van der Waals surface area contributed by atoms with E-state index in [4.69, 9.17) is 0 Å². The Bertz CT molecular complexity index is 254. The number of likely N-dealkylation sites (tertiary alicyclic amines) is 1. The van der Waals surface area contributed by atoms with Crippen LogP contribution in [0.1, 0.15) is 46.5 Å². The maximum Gasteiger partial charge on any atom is 0.0108 e. The van der Waals surface area contributed by atoms with Gasteiger partial charge < -0.3 is 9.80 Å². The first-order valence-electron chi connectivity index (χ1n) is 7.51. The van der Waals surface area contributed by atoms with Crippen molar-refractivity contribution in [2.45, 2.75) is 52.5 Å². The minimum Gasteiger partial charge on any atom is -0.309 e. The highest BCUT2D eigenvalue weighted by molar-refractivity contribution is 4.94. The van der Waals surface area contributed by atoms with E-state index in [1.807, 2.05) is 0 Å². The molecule has 2 atom stereocenters. The molecule has 2 nitrogen and oxygen atoms in total. The van der Waals surface area contributed by atoms with Gasteiger partial charge in [0.15, 0.2) is 0 Å². The fourth-order valence-electron chi connectivity index (χ4n) is 2.78. The molecule has 1 aliphatic heterocycles. The van der Waals surface area contributed by atoms with E-state index < -0.39 is 0 Å². The van der Waals surface area contributed by atoms with Gasteiger partial charge in [-0.1, -0.05) is 18.6 Å². The topological polar surface area (TPSA) is 6.48 Å². The molecule has 1 unspecified atom stereocenters. The second-order valence-electron chi connectivity index (χ2n) is 6.51. The summed E-state index contributed by atoms with van der Waals surface area (Å²) in [5.74, 6) is 0.792. The highest BCUT2D eigenvalue weighted by Gasteiger charge is 2.24. The minimum absolute atomic E-state index is 0.792. The van der Waals surface area contributed by atoms with Gasteiger partial charge in [0.1, 0.15) is 0 Å². The quantitative estimate of drug-likeness (QED) is 0.641. The first-order chi connectivity index (χ1) is 8.49. The molecule has 0 radical (unpaired) electrons. The Morgan fingerprint density at radius 3 is 2.72 bits per heavy atom. The van der Waals surface area contributed by atoms with Gasteiger partial charge >= 0.3 is 0 Å². The van der Waals surface area contributed by atoms with Crippen molar-refractivity contribution in [1.29, 1.82) is 0 Å². The van der Waals surface area contributed by atoms with Crippen molar-refractivity contribution in [3.05, 3.63) is 11.6 Å². The van der Waals surface area contributed by atoms with Crippen molar-refractivity contribution in [3.8, 4) is 0 Å². The fraction of sp³-hybridized carbons (Fsp3) is 0.875. The van der Waals surface area contributed by atoms with E-state index in [2.05, 4.69) is 50.7 Å². The zero-order chi connectivity index (χ0) is 13.5. The number of allylic oxidation sites excluding steroid dienone is 2. The van der Waals surface area contributed by atoms with Gasteiger partial charge in [-0.3, -0.25) is 0 Å². The monoisotopic (exact) mass is 252 g/mol. The number of nitrogens with zero attached hydrogens (tertiary/aromatic N) is 2. The zero-order valence-corrected chi connectivity index (χ0v) is 13.1. The van der Waals surface area contributed by atoms with E-state index in [1.165, 1.54) is 50.9 Å². The molecule has 0 amide bonds. The minimum atomic E-state index is 0.792. The van der Waals surface area contributed by atoms with Crippen molar-refractivity contribution < 1.29 is 0 Å². The van der Waals surface area contributed by atoms with Crippen molar-refractivity contribution >= 4 is 0 Å². The highest BCUT2D eigenvalue weighted by atomic mass is 15.2. The molecule has 0 N–H and O–H groups in total. The summed E-state index contributed by atoms with van der Waals surface area (Å²) in [6.45, 7) is 10.6. The van der Waals surface area contributed by atoms with Gasteiger partial charge in [-0.25, -0.2) is 0 Å². The van der Waals surface area contributed by atoms with Gasteiger partial charge in [0, 0.05) is 12.6 Å². The predicted molar refractivity (Wildman–Crippen MR) is 81.0 cm³/mol. The van der Waals surface area contributed by atoms with Gasteiger partial charge in [-0.15, -0.1) is 0 Å². The van der Waals surface area contributed by atoms with Crippen LogP contribution in [-0.2, 0) is 0 Å². The van der Waals surface area contributed by atoms with Crippen LogP contribution in [-0.4, -0.2) is 49.6 Å². The second-order valence-corrected chi connectivity index (χ2v) is 6.51. The summed E-state index contributed by atoms with van der Waals surface area (Å²) in [7, 11) is 4.35. The summed E-state index contributed by atoms with van der Waals surface area (Å²) in [6.07, 6.45) is 7.76. The summed E-state index contributed by atoms with van der Waals surface area (Å²) in [4.78, 5) is 5.04. The Morgan fingerprint density at radius 2 is 2.11 bits per heavy atom. The molecule has 1 aliphatic rings. The molecule has 0 saturated carbocycles. The van der Waals surface area contributed by atoms with E-state index in [0.717, 1.165) is 12.0 Å².